The van der Waals surface area contributed by atoms with Crippen LogP contribution in [0.2, 0.25) is 0 Å². The van der Waals surface area contributed by atoms with Crippen molar-refractivity contribution in [1.29, 1.82) is 0 Å². The first kappa shape index (κ1) is 16.4. The molecule has 0 radical (unpaired) electrons. The fourth-order valence-electron chi connectivity index (χ4n) is 2.50. The zero-order valence-corrected chi connectivity index (χ0v) is 13.3. The van der Waals surface area contributed by atoms with Crippen molar-refractivity contribution in [3.8, 4) is 0 Å². The molecule has 0 unspecified atom stereocenters. The molecule has 118 valence electrons. The van der Waals surface area contributed by atoms with Gasteiger partial charge in [0.2, 0.25) is 10.0 Å². The van der Waals surface area contributed by atoms with Gasteiger partial charge in [-0.3, -0.25) is 0 Å². The Morgan fingerprint density at radius 2 is 1.95 bits per heavy atom. The third kappa shape index (κ3) is 4.02. The normalized spacial score (nSPS) is 17.0. The lowest BCUT2D eigenvalue weighted by atomic mass is 10.2. The van der Waals surface area contributed by atoms with Gasteiger partial charge in [-0.05, 0) is 44.0 Å². The van der Waals surface area contributed by atoms with Gasteiger partial charge in [-0.25, -0.2) is 12.8 Å². The molecule has 1 aliphatic rings. The Hall–Kier alpha value is -0.980. The number of sulfonamides is 1. The van der Waals surface area contributed by atoms with E-state index in [4.69, 9.17) is 0 Å². The minimum absolute atomic E-state index is 0.194. The lowest BCUT2D eigenvalue weighted by molar-refractivity contribution is 0.346. The van der Waals surface area contributed by atoms with Crippen LogP contribution >= 0.6 is 0 Å². The Kier molecular flexibility index (Phi) is 5.72. The topological polar surface area (TPSA) is 49.4 Å². The van der Waals surface area contributed by atoms with E-state index in [1.54, 1.807) is 0 Å². The van der Waals surface area contributed by atoms with Gasteiger partial charge in [-0.15, -0.1) is 0 Å². The van der Waals surface area contributed by atoms with E-state index in [0.29, 0.717) is 25.2 Å². The van der Waals surface area contributed by atoms with Crippen molar-refractivity contribution in [2.75, 3.05) is 19.6 Å². The summed E-state index contributed by atoms with van der Waals surface area (Å²) < 4.78 is 40.4. The zero-order chi connectivity index (χ0) is 15.3. The molecule has 0 spiro atoms. The summed E-state index contributed by atoms with van der Waals surface area (Å²) in [6.45, 7) is 4.28. The Morgan fingerprint density at radius 3 is 2.62 bits per heavy atom. The number of rotatable bonds is 6. The van der Waals surface area contributed by atoms with Gasteiger partial charge in [-0.2, -0.15) is 4.31 Å². The van der Waals surface area contributed by atoms with Crippen molar-refractivity contribution in [2.45, 2.75) is 44.0 Å². The number of nitrogens with zero attached hydrogens (tertiary/aromatic N) is 1. The van der Waals surface area contributed by atoms with Gasteiger partial charge in [-0.1, -0.05) is 13.3 Å². The summed E-state index contributed by atoms with van der Waals surface area (Å²) in [6, 6.07) is 4.07. The van der Waals surface area contributed by atoms with Crippen LogP contribution in [0.1, 0.15) is 38.2 Å². The molecule has 21 heavy (non-hydrogen) atoms. The Balaban J connectivity index is 2.20. The minimum atomic E-state index is -3.49. The number of hydrogen-bond acceptors (Lipinski definition) is 3. The third-order valence-corrected chi connectivity index (χ3v) is 5.61. The Morgan fingerprint density at radius 1 is 1.24 bits per heavy atom. The van der Waals surface area contributed by atoms with Crippen molar-refractivity contribution in [3.05, 3.63) is 29.6 Å². The van der Waals surface area contributed by atoms with Gasteiger partial charge >= 0.3 is 0 Å². The number of hydrogen-bond donors (Lipinski definition) is 1. The highest BCUT2D eigenvalue weighted by Crippen LogP contribution is 2.22. The lowest BCUT2D eigenvalue weighted by Gasteiger charge is -2.26. The maximum Gasteiger partial charge on any atom is 0.243 e. The van der Waals surface area contributed by atoms with Crippen LogP contribution in [-0.4, -0.2) is 32.4 Å². The van der Waals surface area contributed by atoms with E-state index in [9.17, 15) is 12.8 Å². The summed E-state index contributed by atoms with van der Waals surface area (Å²) in [5.41, 5.74) is 0.404. The second kappa shape index (κ2) is 7.33. The summed E-state index contributed by atoms with van der Waals surface area (Å²) in [5.74, 6) is -0.365. The molecule has 0 bridgehead atoms. The van der Waals surface area contributed by atoms with Crippen LogP contribution in [-0.2, 0) is 16.6 Å². The summed E-state index contributed by atoms with van der Waals surface area (Å²) in [6.07, 6.45) is 3.81. The van der Waals surface area contributed by atoms with Gasteiger partial charge in [0.05, 0.1) is 4.90 Å². The molecule has 1 aromatic rings. The van der Waals surface area contributed by atoms with Crippen LogP contribution < -0.4 is 5.32 Å². The maximum atomic E-state index is 13.8. The van der Waals surface area contributed by atoms with Crippen molar-refractivity contribution in [2.24, 2.45) is 0 Å². The first-order valence-electron chi connectivity index (χ1n) is 7.55. The molecule has 4 nitrogen and oxygen atoms in total. The van der Waals surface area contributed by atoms with Gasteiger partial charge in [0.1, 0.15) is 5.82 Å². The van der Waals surface area contributed by atoms with E-state index in [-0.39, 0.29) is 10.7 Å². The smallest absolute Gasteiger partial charge is 0.243 e. The van der Waals surface area contributed by atoms with Crippen molar-refractivity contribution < 1.29 is 12.8 Å². The van der Waals surface area contributed by atoms with Crippen molar-refractivity contribution in [1.82, 2.24) is 9.62 Å². The monoisotopic (exact) mass is 314 g/mol. The van der Waals surface area contributed by atoms with Crippen LogP contribution in [0.25, 0.3) is 0 Å². The molecule has 2 rings (SSSR count). The molecule has 1 N–H and O–H groups in total. The molecular weight excluding hydrogens is 291 g/mol. The third-order valence-electron chi connectivity index (χ3n) is 3.71. The van der Waals surface area contributed by atoms with Crippen molar-refractivity contribution in [3.63, 3.8) is 0 Å². The van der Waals surface area contributed by atoms with Crippen molar-refractivity contribution >= 4 is 10.0 Å². The molecule has 0 atom stereocenters. The second-order valence-corrected chi connectivity index (χ2v) is 7.33. The molecule has 1 aliphatic heterocycles. The predicted octanol–water partition coefficient (Wildman–Crippen LogP) is 2.50. The summed E-state index contributed by atoms with van der Waals surface area (Å²) in [4.78, 5) is 0.194. The van der Waals surface area contributed by atoms with Crippen LogP contribution in [0.3, 0.4) is 0 Å². The van der Waals surface area contributed by atoms with E-state index in [0.717, 1.165) is 32.2 Å². The molecule has 0 saturated carbocycles. The zero-order valence-electron chi connectivity index (χ0n) is 12.4. The van der Waals surface area contributed by atoms with E-state index in [1.807, 2.05) is 6.92 Å². The average molecular weight is 314 g/mol. The molecule has 1 fully saturated rings. The first-order chi connectivity index (χ1) is 10.1. The van der Waals surface area contributed by atoms with E-state index in [1.165, 1.54) is 22.5 Å². The highest BCUT2D eigenvalue weighted by molar-refractivity contribution is 7.89. The standard InChI is InChI=1S/C15H23FN2O2S/c1-2-8-17-12-13-11-14(6-7-15(13)16)21(19,20)18-9-4-3-5-10-18/h6-7,11,17H,2-5,8-10,12H2,1H3. The van der Waals surface area contributed by atoms with E-state index in [2.05, 4.69) is 5.32 Å². The largest absolute Gasteiger partial charge is 0.313 e. The van der Waals surface area contributed by atoms with Gasteiger partial charge in [0.15, 0.2) is 0 Å². The highest BCUT2D eigenvalue weighted by Gasteiger charge is 2.26. The number of nitrogens with one attached hydrogen (secondary N) is 1. The van der Waals surface area contributed by atoms with Crippen LogP contribution in [0.15, 0.2) is 23.1 Å². The van der Waals surface area contributed by atoms with Gasteiger partial charge in [0, 0.05) is 25.2 Å². The fraction of sp³-hybridized carbons (Fsp3) is 0.600. The molecule has 6 heteroatoms. The van der Waals surface area contributed by atoms with Crippen LogP contribution in [0.4, 0.5) is 4.39 Å². The maximum absolute atomic E-state index is 13.8. The molecular formula is C15H23FN2O2S. The van der Waals surface area contributed by atoms with Crippen LogP contribution in [0, 0.1) is 5.82 Å². The quantitative estimate of drug-likeness (QED) is 0.821. The number of benzene rings is 1. The molecule has 0 amide bonds. The predicted molar refractivity (Wildman–Crippen MR) is 81.0 cm³/mol. The second-order valence-electron chi connectivity index (χ2n) is 5.39. The fourth-order valence-corrected chi connectivity index (χ4v) is 4.07. The van der Waals surface area contributed by atoms with Gasteiger partial charge in [0.25, 0.3) is 0 Å². The molecule has 1 aromatic carbocycles. The van der Waals surface area contributed by atoms with Gasteiger partial charge < -0.3 is 5.32 Å². The first-order valence-corrected chi connectivity index (χ1v) is 8.99. The summed E-state index contributed by atoms with van der Waals surface area (Å²) in [5, 5.41) is 3.10. The Labute approximate surface area is 126 Å². The van der Waals surface area contributed by atoms with E-state index >= 15 is 0 Å². The van der Waals surface area contributed by atoms with E-state index < -0.39 is 10.0 Å². The summed E-state index contributed by atoms with van der Waals surface area (Å²) in [7, 11) is -3.49. The van der Waals surface area contributed by atoms with Crippen LogP contribution in [0.5, 0.6) is 0 Å². The highest BCUT2D eigenvalue weighted by atomic mass is 32.2. The minimum Gasteiger partial charge on any atom is -0.313 e. The molecule has 0 aliphatic carbocycles. The number of piperidine rings is 1. The lowest BCUT2D eigenvalue weighted by Crippen LogP contribution is -2.35. The molecule has 1 heterocycles. The molecule has 0 aromatic heterocycles. The summed E-state index contributed by atoms with van der Waals surface area (Å²) >= 11 is 0. The number of halogens is 1. The average Bonchev–Trinajstić information content (AvgIpc) is 2.50. The molecule has 1 saturated heterocycles. The SMILES string of the molecule is CCCNCc1cc(S(=O)(=O)N2CCCCC2)ccc1F. The Bertz CT molecular complexity index is 569.